The predicted octanol–water partition coefficient (Wildman–Crippen LogP) is 2.57. The van der Waals surface area contributed by atoms with E-state index in [0.717, 1.165) is 17.5 Å². The van der Waals surface area contributed by atoms with Crippen LogP contribution in [0.2, 0.25) is 0 Å². The number of ether oxygens (including phenoxy) is 1. The summed E-state index contributed by atoms with van der Waals surface area (Å²) in [7, 11) is 1.39. The average molecular weight is 282 g/mol. The number of carbonyl (C=O) groups is 1. The van der Waals surface area contributed by atoms with Gasteiger partial charge in [0, 0.05) is 23.5 Å². The molecule has 0 aromatic carbocycles. The van der Waals surface area contributed by atoms with Crippen molar-refractivity contribution in [1.29, 1.82) is 0 Å². The highest BCUT2D eigenvalue weighted by atomic mass is 32.2. The molecule has 2 N–H and O–H groups in total. The largest absolute Gasteiger partial charge is 0.464 e. The van der Waals surface area contributed by atoms with E-state index in [1.165, 1.54) is 32.8 Å². The summed E-state index contributed by atoms with van der Waals surface area (Å²) in [4.78, 5) is 14.4. The van der Waals surface area contributed by atoms with Gasteiger partial charge in [0.05, 0.1) is 7.11 Å². The van der Waals surface area contributed by atoms with Gasteiger partial charge in [0.25, 0.3) is 0 Å². The van der Waals surface area contributed by atoms with Crippen molar-refractivity contribution in [3.63, 3.8) is 0 Å². The molecule has 4 nitrogen and oxygen atoms in total. The van der Waals surface area contributed by atoms with Crippen LogP contribution in [0.5, 0.6) is 0 Å². The van der Waals surface area contributed by atoms with Crippen LogP contribution in [0, 0.1) is 0 Å². The summed E-state index contributed by atoms with van der Waals surface area (Å²) < 4.78 is 4.68. The Labute approximate surface area is 118 Å². The first-order valence-electron chi connectivity index (χ1n) is 6.75. The van der Waals surface area contributed by atoms with Gasteiger partial charge in [-0.1, -0.05) is 0 Å². The lowest BCUT2D eigenvalue weighted by molar-refractivity contribution is 0.0594. The summed E-state index contributed by atoms with van der Waals surface area (Å²) in [6, 6.07) is 4.31. The number of hydrogen-bond acceptors (Lipinski definition) is 4. The topological polar surface area (TPSA) is 54.1 Å². The standard InChI is InChI=1S/C14H22N2O2S/c1-18-14(17)13-8-5-11(16-13)9-15-10-3-6-12(19-2)7-4-10/h5,8,10,12,15-16H,3-4,6-7,9H2,1-2H3. The fourth-order valence-corrected chi connectivity index (χ4v) is 3.27. The predicted molar refractivity (Wildman–Crippen MR) is 78.5 cm³/mol. The Morgan fingerprint density at radius 1 is 1.42 bits per heavy atom. The first-order chi connectivity index (χ1) is 9.22. The average Bonchev–Trinajstić information content (AvgIpc) is 2.93. The molecule has 106 valence electrons. The smallest absolute Gasteiger partial charge is 0.354 e. The van der Waals surface area contributed by atoms with Crippen LogP contribution in [-0.4, -0.2) is 35.6 Å². The monoisotopic (exact) mass is 282 g/mol. The molecule has 0 bridgehead atoms. The Hall–Kier alpha value is -0.940. The van der Waals surface area contributed by atoms with Gasteiger partial charge in [-0.05, 0) is 44.1 Å². The first-order valence-corrected chi connectivity index (χ1v) is 8.04. The molecule has 0 radical (unpaired) electrons. The van der Waals surface area contributed by atoms with E-state index in [1.807, 2.05) is 17.8 Å². The Kier molecular flexibility index (Phi) is 5.34. The van der Waals surface area contributed by atoms with Crippen molar-refractivity contribution in [2.45, 2.75) is 43.5 Å². The van der Waals surface area contributed by atoms with Crippen molar-refractivity contribution in [3.05, 3.63) is 23.5 Å². The number of aromatic nitrogens is 1. The lowest BCUT2D eigenvalue weighted by Crippen LogP contribution is -2.33. The minimum atomic E-state index is -0.313. The molecule has 0 spiro atoms. The molecular formula is C14H22N2O2S. The Morgan fingerprint density at radius 3 is 2.79 bits per heavy atom. The Bertz CT molecular complexity index is 411. The van der Waals surface area contributed by atoms with Gasteiger partial charge >= 0.3 is 5.97 Å². The molecule has 1 fully saturated rings. The van der Waals surface area contributed by atoms with Gasteiger partial charge in [0.2, 0.25) is 0 Å². The number of aromatic amines is 1. The van der Waals surface area contributed by atoms with Crippen LogP contribution in [0.15, 0.2) is 12.1 Å². The van der Waals surface area contributed by atoms with E-state index in [-0.39, 0.29) is 5.97 Å². The van der Waals surface area contributed by atoms with Crippen LogP contribution in [0.4, 0.5) is 0 Å². The summed E-state index contributed by atoms with van der Waals surface area (Å²) in [5.74, 6) is -0.313. The van der Waals surface area contributed by atoms with Crippen LogP contribution < -0.4 is 5.32 Å². The Balaban J connectivity index is 1.76. The van der Waals surface area contributed by atoms with Gasteiger partial charge in [-0.3, -0.25) is 0 Å². The number of methoxy groups -OCH3 is 1. The lowest BCUT2D eigenvalue weighted by Gasteiger charge is -2.28. The highest BCUT2D eigenvalue weighted by Gasteiger charge is 2.20. The highest BCUT2D eigenvalue weighted by Crippen LogP contribution is 2.26. The van der Waals surface area contributed by atoms with Gasteiger partial charge in [0.1, 0.15) is 5.69 Å². The summed E-state index contributed by atoms with van der Waals surface area (Å²) in [6.07, 6.45) is 7.30. The maximum Gasteiger partial charge on any atom is 0.354 e. The van der Waals surface area contributed by atoms with Crippen molar-refractivity contribution in [3.8, 4) is 0 Å². The van der Waals surface area contributed by atoms with Crippen molar-refractivity contribution in [2.24, 2.45) is 0 Å². The number of thioether (sulfide) groups is 1. The number of rotatable bonds is 5. The zero-order valence-corrected chi connectivity index (χ0v) is 12.4. The van der Waals surface area contributed by atoms with Crippen LogP contribution >= 0.6 is 11.8 Å². The van der Waals surface area contributed by atoms with E-state index < -0.39 is 0 Å². The minimum Gasteiger partial charge on any atom is -0.464 e. The Morgan fingerprint density at radius 2 is 2.16 bits per heavy atom. The molecule has 1 saturated carbocycles. The molecule has 5 heteroatoms. The maximum absolute atomic E-state index is 11.3. The second-order valence-corrected chi connectivity index (χ2v) is 6.12. The normalized spacial score (nSPS) is 23.3. The third-order valence-electron chi connectivity index (χ3n) is 3.74. The summed E-state index contributed by atoms with van der Waals surface area (Å²) in [5.41, 5.74) is 1.55. The molecule has 0 atom stereocenters. The quantitative estimate of drug-likeness (QED) is 0.815. The fourth-order valence-electron chi connectivity index (χ4n) is 2.53. The van der Waals surface area contributed by atoms with Crippen molar-refractivity contribution in [2.75, 3.05) is 13.4 Å². The number of H-pyrrole nitrogens is 1. The van der Waals surface area contributed by atoms with Gasteiger partial charge in [0.15, 0.2) is 0 Å². The molecule has 0 amide bonds. The van der Waals surface area contributed by atoms with Gasteiger partial charge in [-0.15, -0.1) is 0 Å². The lowest BCUT2D eigenvalue weighted by atomic mass is 9.95. The molecule has 1 heterocycles. The van der Waals surface area contributed by atoms with E-state index in [1.54, 1.807) is 6.07 Å². The van der Waals surface area contributed by atoms with Crippen LogP contribution in [-0.2, 0) is 11.3 Å². The van der Waals surface area contributed by atoms with E-state index in [2.05, 4.69) is 21.3 Å². The van der Waals surface area contributed by atoms with E-state index in [0.29, 0.717) is 11.7 Å². The maximum atomic E-state index is 11.3. The molecule has 0 unspecified atom stereocenters. The van der Waals surface area contributed by atoms with E-state index >= 15 is 0 Å². The molecule has 0 saturated heterocycles. The third kappa shape index (κ3) is 4.01. The molecule has 19 heavy (non-hydrogen) atoms. The molecule has 2 rings (SSSR count). The number of esters is 1. The summed E-state index contributed by atoms with van der Waals surface area (Å²) >= 11 is 1.99. The van der Waals surface area contributed by atoms with Crippen LogP contribution in [0.25, 0.3) is 0 Å². The second-order valence-electron chi connectivity index (χ2n) is 4.98. The molecule has 1 aromatic heterocycles. The third-order valence-corrected chi connectivity index (χ3v) is 4.88. The highest BCUT2D eigenvalue weighted by molar-refractivity contribution is 7.99. The minimum absolute atomic E-state index is 0.313. The van der Waals surface area contributed by atoms with Gasteiger partial charge < -0.3 is 15.0 Å². The molecule has 1 aliphatic rings. The summed E-state index contributed by atoms with van der Waals surface area (Å²) in [5, 5.41) is 4.40. The van der Waals surface area contributed by atoms with Gasteiger partial charge in [-0.2, -0.15) is 11.8 Å². The van der Waals surface area contributed by atoms with Crippen molar-refractivity contribution < 1.29 is 9.53 Å². The van der Waals surface area contributed by atoms with Crippen molar-refractivity contribution in [1.82, 2.24) is 10.3 Å². The summed E-state index contributed by atoms with van der Waals surface area (Å²) in [6.45, 7) is 0.783. The van der Waals surface area contributed by atoms with Crippen LogP contribution in [0.3, 0.4) is 0 Å². The SMILES string of the molecule is COC(=O)c1ccc(CNC2CCC(SC)CC2)[nH]1. The zero-order chi connectivity index (χ0) is 13.7. The molecule has 0 aliphatic heterocycles. The first kappa shape index (κ1) is 14.5. The fraction of sp³-hybridized carbons (Fsp3) is 0.643. The van der Waals surface area contributed by atoms with Crippen LogP contribution in [0.1, 0.15) is 41.9 Å². The molecular weight excluding hydrogens is 260 g/mol. The second kappa shape index (κ2) is 7.01. The van der Waals surface area contributed by atoms with E-state index in [4.69, 9.17) is 0 Å². The number of nitrogens with one attached hydrogen (secondary N) is 2. The zero-order valence-electron chi connectivity index (χ0n) is 11.6. The van der Waals surface area contributed by atoms with Crippen molar-refractivity contribution >= 4 is 17.7 Å². The number of carbonyl (C=O) groups excluding carboxylic acids is 1. The molecule has 1 aromatic rings. The van der Waals surface area contributed by atoms with E-state index in [9.17, 15) is 4.79 Å². The van der Waals surface area contributed by atoms with Gasteiger partial charge in [-0.25, -0.2) is 4.79 Å². The molecule has 1 aliphatic carbocycles. The number of hydrogen-bond donors (Lipinski definition) is 2.